The fourth-order valence-electron chi connectivity index (χ4n) is 2.45. The van der Waals surface area contributed by atoms with Crippen molar-refractivity contribution in [2.24, 2.45) is 5.92 Å². The zero-order chi connectivity index (χ0) is 15.6. The maximum atomic E-state index is 11.9. The van der Waals surface area contributed by atoms with Gasteiger partial charge in [0.05, 0.1) is 4.92 Å². The van der Waals surface area contributed by atoms with Gasteiger partial charge < -0.3 is 4.90 Å². The van der Waals surface area contributed by atoms with Crippen molar-refractivity contribution >= 4 is 17.2 Å². The van der Waals surface area contributed by atoms with E-state index in [2.05, 4.69) is 18.7 Å². The molecule has 1 aromatic carbocycles. The van der Waals surface area contributed by atoms with Crippen LogP contribution in [0, 0.1) is 16.0 Å². The Balaban J connectivity index is 2.34. The van der Waals surface area contributed by atoms with Gasteiger partial charge in [0.25, 0.3) is 5.69 Å². The average molecular weight is 290 g/mol. The minimum atomic E-state index is -0.453. The minimum Gasteiger partial charge on any atom is -0.368 e. The fraction of sp³-hybridized carbons (Fsp3) is 0.562. The van der Waals surface area contributed by atoms with E-state index in [0.717, 1.165) is 31.5 Å². The molecule has 0 unspecified atom stereocenters. The van der Waals surface area contributed by atoms with Gasteiger partial charge in [0, 0.05) is 36.0 Å². The summed E-state index contributed by atoms with van der Waals surface area (Å²) in [5.74, 6) is 0.467. The van der Waals surface area contributed by atoms with Crippen molar-refractivity contribution in [1.29, 1.82) is 0 Å². The van der Waals surface area contributed by atoms with Gasteiger partial charge in [0.15, 0.2) is 5.78 Å². The van der Waals surface area contributed by atoms with Crippen LogP contribution in [0.5, 0.6) is 0 Å². The van der Waals surface area contributed by atoms with Crippen molar-refractivity contribution < 1.29 is 9.72 Å². The molecule has 1 saturated carbocycles. The Morgan fingerprint density at radius 3 is 2.57 bits per heavy atom. The minimum absolute atomic E-state index is 0.0245. The van der Waals surface area contributed by atoms with E-state index in [-0.39, 0.29) is 11.5 Å². The smallest absolute Gasteiger partial charge is 0.270 e. The number of benzene rings is 1. The Morgan fingerprint density at radius 1 is 1.43 bits per heavy atom. The first-order valence-corrected chi connectivity index (χ1v) is 7.46. The quantitative estimate of drug-likeness (QED) is 0.435. The predicted molar refractivity (Wildman–Crippen MR) is 82.9 cm³/mol. The van der Waals surface area contributed by atoms with Crippen LogP contribution in [0.2, 0.25) is 0 Å². The molecule has 1 fully saturated rings. The number of Topliss-reactive ketones (excluding diaryl/α,β-unsaturated/α-hetero) is 1. The van der Waals surface area contributed by atoms with Crippen LogP contribution in [-0.2, 0) is 0 Å². The van der Waals surface area contributed by atoms with Gasteiger partial charge in [-0.3, -0.25) is 14.9 Å². The number of rotatable bonds is 7. The van der Waals surface area contributed by atoms with E-state index in [4.69, 9.17) is 0 Å². The fourth-order valence-corrected chi connectivity index (χ4v) is 2.45. The lowest BCUT2D eigenvalue weighted by Crippen LogP contribution is -2.29. The van der Waals surface area contributed by atoms with Gasteiger partial charge >= 0.3 is 0 Å². The summed E-state index contributed by atoms with van der Waals surface area (Å²) in [7, 11) is 0. The summed E-state index contributed by atoms with van der Waals surface area (Å²) in [6, 6.07) is 5.10. The number of non-ortho nitro benzene ring substituents is 1. The first-order chi connectivity index (χ1) is 9.90. The molecule has 114 valence electrons. The molecule has 21 heavy (non-hydrogen) atoms. The third-order valence-corrected chi connectivity index (χ3v) is 3.81. The Bertz CT molecular complexity index is 550. The van der Waals surface area contributed by atoms with Gasteiger partial charge in [0.1, 0.15) is 0 Å². The molecule has 1 aliphatic rings. The third-order valence-electron chi connectivity index (χ3n) is 3.81. The highest BCUT2D eigenvalue weighted by Gasteiger charge is 2.31. The second-order valence-electron chi connectivity index (χ2n) is 6.12. The van der Waals surface area contributed by atoms with Gasteiger partial charge in [-0.05, 0) is 38.2 Å². The van der Waals surface area contributed by atoms with Crippen LogP contribution in [-0.4, -0.2) is 23.3 Å². The monoisotopic (exact) mass is 290 g/mol. The van der Waals surface area contributed by atoms with Crippen LogP contribution >= 0.6 is 0 Å². The SMILES string of the molecule is CC(=O)c1cc([N+](=O)[O-])ccc1N(CCC(C)C)C1CC1. The molecule has 0 amide bonds. The van der Waals surface area contributed by atoms with Crippen molar-refractivity contribution in [1.82, 2.24) is 0 Å². The molecule has 5 heteroatoms. The number of hydrogen-bond acceptors (Lipinski definition) is 4. The van der Waals surface area contributed by atoms with Crippen LogP contribution in [0.3, 0.4) is 0 Å². The van der Waals surface area contributed by atoms with Crippen molar-refractivity contribution in [2.45, 2.75) is 46.1 Å². The van der Waals surface area contributed by atoms with E-state index in [9.17, 15) is 14.9 Å². The van der Waals surface area contributed by atoms with Gasteiger partial charge in [-0.1, -0.05) is 13.8 Å². The number of nitro groups is 1. The third kappa shape index (κ3) is 3.80. The molecule has 1 aliphatic carbocycles. The van der Waals surface area contributed by atoms with Gasteiger partial charge in [0.2, 0.25) is 0 Å². The summed E-state index contributed by atoms with van der Waals surface area (Å²) in [4.78, 5) is 24.6. The number of anilines is 1. The Hall–Kier alpha value is -1.91. The first kappa shape index (κ1) is 15.5. The largest absolute Gasteiger partial charge is 0.368 e. The number of nitro benzene ring substituents is 1. The Labute approximate surface area is 125 Å². The highest BCUT2D eigenvalue weighted by atomic mass is 16.6. The lowest BCUT2D eigenvalue weighted by Gasteiger charge is -2.27. The van der Waals surface area contributed by atoms with Crippen LogP contribution in [0.25, 0.3) is 0 Å². The van der Waals surface area contributed by atoms with E-state index < -0.39 is 4.92 Å². The molecule has 2 rings (SSSR count). The summed E-state index contributed by atoms with van der Waals surface area (Å²) in [5.41, 5.74) is 1.28. The molecular formula is C16H22N2O3. The summed E-state index contributed by atoms with van der Waals surface area (Å²) in [6.07, 6.45) is 3.31. The lowest BCUT2D eigenvalue weighted by atomic mass is 10.1. The molecule has 0 radical (unpaired) electrons. The molecule has 5 nitrogen and oxygen atoms in total. The second-order valence-corrected chi connectivity index (χ2v) is 6.12. The number of hydrogen-bond donors (Lipinski definition) is 0. The van der Waals surface area contributed by atoms with E-state index in [1.807, 2.05) is 0 Å². The van der Waals surface area contributed by atoms with Gasteiger partial charge in [-0.25, -0.2) is 0 Å². The summed E-state index contributed by atoms with van der Waals surface area (Å²) < 4.78 is 0. The molecule has 0 heterocycles. The zero-order valence-corrected chi connectivity index (χ0v) is 12.8. The highest BCUT2D eigenvalue weighted by Crippen LogP contribution is 2.35. The zero-order valence-electron chi connectivity index (χ0n) is 12.8. The van der Waals surface area contributed by atoms with Gasteiger partial charge in [-0.15, -0.1) is 0 Å². The maximum absolute atomic E-state index is 11.9. The van der Waals surface area contributed by atoms with Crippen molar-refractivity contribution in [3.05, 3.63) is 33.9 Å². The Morgan fingerprint density at radius 2 is 2.10 bits per heavy atom. The molecule has 0 N–H and O–H groups in total. The van der Waals surface area contributed by atoms with Crippen molar-refractivity contribution in [3.8, 4) is 0 Å². The van der Waals surface area contributed by atoms with Crippen LogP contribution in [0.1, 0.15) is 50.4 Å². The standard InChI is InChI=1S/C16H22N2O3/c1-11(2)8-9-17(13-4-5-13)16-7-6-14(18(20)21)10-15(16)12(3)19/h6-7,10-11,13H,4-5,8-9H2,1-3H3. The van der Waals surface area contributed by atoms with Gasteiger partial charge in [-0.2, -0.15) is 0 Å². The Kier molecular flexibility index (Phi) is 4.60. The molecule has 0 bridgehead atoms. The average Bonchev–Trinajstić information content (AvgIpc) is 3.23. The number of carbonyl (C=O) groups is 1. The topological polar surface area (TPSA) is 63.4 Å². The number of ketones is 1. The predicted octanol–water partition coefficient (Wildman–Crippen LogP) is 3.81. The highest BCUT2D eigenvalue weighted by molar-refractivity contribution is 6.00. The first-order valence-electron chi connectivity index (χ1n) is 7.46. The van der Waals surface area contributed by atoms with Crippen molar-refractivity contribution in [3.63, 3.8) is 0 Å². The summed E-state index contributed by atoms with van der Waals surface area (Å²) in [6.45, 7) is 6.70. The second kappa shape index (κ2) is 6.24. The number of carbonyl (C=O) groups excluding carboxylic acids is 1. The lowest BCUT2D eigenvalue weighted by molar-refractivity contribution is -0.384. The molecule has 1 aromatic rings. The van der Waals surface area contributed by atoms with E-state index in [1.165, 1.54) is 19.1 Å². The number of nitrogens with zero attached hydrogens (tertiary/aromatic N) is 2. The van der Waals surface area contributed by atoms with E-state index in [0.29, 0.717) is 17.5 Å². The molecule has 0 atom stereocenters. The summed E-state index contributed by atoms with van der Waals surface area (Å²) in [5, 5.41) is 10.9. The molecule has 0 aromatic heterocycles. The molecule has 0 saturated heterocycles. The maximum Gasteiger partial charge on any atom is 0.270 e. The van der Waals surface area contributed by atoms with Crippen LogP contribution < -0.4 is 4.90 Å². The summed E-state index contributed by atoms with van der Waals surface area (Å²) >= 11 is 0. The van der Waals surface area contributed by atoms with E-state index in [1.54, 1.807) is 6.07 Å². The molecule has 0 spiro atoms. The van der Waals surface area contributed by atoms with Crippen LogP contribution in [0.15, 0.2) is 18.2 Å². The van der Waals surface area contributed by atoms with Crippen molar-refractivity contribution in [2.75, 3.05) is 11.4 Å². The van der Waals surface area contributed by atoms with E-state index >= 15 is 0 Å². The normalized spacial score (nSPS) is 14.3. The molecular weight excluding hydrogens is 268 g/mol. The van der Waals surface area contributed by atoms with Crippen LogP contribution in [0.4, 0.5) is 11.4 Å². The molecule has 0 aliphatic heterocycles.